The summed E-state index contributed by atoms with van der Waals surface area (Å²) in [5.41, 5.74) is 0. The Morgan fingerprint density at radius 1 is 1.10 bits per heavy atom. The van der Waals surface area contributed by atoms with Gasteiger partial charge in [-0.05, 0) is 48.5 Å². The van der Waals surface area contributed by atoms with Crippen molar-refractivity contribution in [1.29, 1.82) is 0 Å². The minimum Gasteiger partial charge on any atom is -0.306 e. The monoisotopic (exact) mass is 291 g/mol. The fraction of sp³-hybridized carbons (Fsp3) is 0.778. The molecule has 20 heavy (non-hydrogen) atoms. The van der Waals surface area contributed by atoms with Gasteiger partial charge in [-0.15, -0.1) is 11.3 Å². The van der Waals surface area contributed by atoms with Crippen LogP contribution in [0.2, 0.25) is 0 Å². The summed E-state index contributed by atoms with van der Waals surface area (Å²) in [7, 11) is 0. The van der Waals surface area contributed by atoms with E-state index >= 15 is 0 Å². The van der Waals surface area contributed by atoms with Crippen molar-refractivity contribution in [3.63, 3.8) is 0 Å². The van der Waals surface area contributed by atoms with Gasteiger partial charge in [-0.1, -0.05) is 45.6 Å². The van der Waals surface area contributed by atoms with Crippen molar-refractivity contribution in [2.45, 2.75) is 70.9 Å². The average Bonchev–Trinajstić information content (AvgIpc) is 3.13. The molecule has 0 saturated heterocycles. The lowest BCUT2D eigenvalue weighted by molar-refractivity contribution is 0.178. The molecule has 0 spiro atoms. The van der Waals surface area contributed by atoms with Crippen LogP contribution in [-0.2, 0) is 0 Å². The molecule has 4 unspecified atom stereocenters. The summed E-state index contributed by atoms with van der Waals surface area (Å²) in [6.07, 6.45) is 9.92. The first-order chi connectivity index (χ1) is 9.75. The van der Waals surface area contributed by atoms with Crippen LogP contribution < -0.4 is 5.32 Å². The van der Waals surface area contributed by atoms with Gasteiger partial charge in [0.2, 0.25) is 0 Å². The number of nitrogens with one attached hydrogen (secondary N) is 1. The highest BCUT2D eigenvalue weighted by Crippen LogP contribution is 2.39. The lowest BCUT2D eigenvalue weighted by atomic mass is 9.77. The van der Waals surface area contributed by atoms with Crippen molar-refractivity contribution in [2.75, 3.05) is 0 Å². The highest BCUT2D eigenvalue weighted by molar-refractivity contribution is 7.10. The fourth-order valence-electron chi connectivity index (χ4n) is 4.26. The topological polar surface area (TPSA) is 12.0 Å². The molecule has 0 bridgehead atoms. The van der Waals surface area contributed by atoms with E-state index in [1.165, 1.54) is 44.9 Å². The summed E-state index contributed by atoms with van der Waals surface area (Å²) in [6, 6.07) is 5.91. The molecule has 0 aromatic carbocycles. The summed E-state index contributed by atoms with van der Waals surface area (Å²) in [6.45, 7) is 4.90. The van der Waals surface area contributed by atoms with Gasteiger partial charge in [-0.2, -0.15) is 0 Å². The van der Waals surface area contributed by atoms with Crippen molar-refractivity contribution in [3.8, 4) is 0 Å². The van der Waals surface area contributed by atoms with Gasteiger partial charge in [0, 0.05) is 17.0 Å². The van der Waals surface area contributed by atoms with E-state index < -0.39 is 0 Å². The molecule has 2 saturated carbocycles. The molecule has 1 nitrogen and oxygen atoms in total. The van der Waals surface area contributed by atoms with Crippen LogP contribution in [0.4, 0.5) is 0 Å². The third-order valence-electron chi connectivity index (χ3n) is 5.82. The van der Waals surface area contributed by atoms with E-state index in [9.17, 15) is 0 Å². The van der Waals surface area contributed by atoms with Gasteiger partial charge in [0.15, 0.2) is 0 Å². The lowest BCUT2D eigenvalue weighted by Gasteiger charge is -2.38. The van der Waals surface area contributed by atoms with Crippen LogP contribution in [0.25, 0.3) is 0 Å². The van der Waals surface area contributed by atoms with Gasteiger partial charge in [0.25, 0.3) is 0 Å². The molecule has 1 N–H and O–H groups in total. The fourth-order valence-corrected chi connectivity index (χ4v) is 5.14. The zero-order valence-electron chi connectivity index (χ0n) is 13.0. The van der Waals surface area contributed by atoms with Gasteiger partial charge < -0.3 is 5.32 Å². The molecule has 0 radical (unpaired) electrons. The standard InChI is InChI=1S/C18H29NS/c1-13-7-5-10-16(14(13)2)19-18(15-8-3-4-9-15)17-11-6-12-20-17/h6,11-16,18-19H,3-5,7-10H2,1-2H3. The van der Waals surface area contributed by atoms with E-state index in [-0.39, 0.29) is 0 Å². The predicted molar refractivity (Wildman–Crippen MR) is 88.1 cm³/mol. The normalized spacial score (nSPS) is 33.4. The molecule has 1 aromatic rings. The summed E-state index contributed by atoms with van der Waals surface area (Å²) in [4.78, 5) is 1.57. The van der Waals surface area contributed by atoms with Gasteiger partial charge in [0.05, 0.1) is 0 Å². The van der Waals surface area contributed by atoms with E-state index in [1.807, 2.05) is 11.3 Å². The van der Waals surface area contributed by atoms with Crippen molar-refractivity contribution < 1.29 is 0 Å². The Kier molecular flexibility index (Phi) is 4.83. The largest absolute Gasteiger partial charge is 0.306 e. The van der Waals surface area contributed by atoms with E-state index in [2.05, 4.69) is 36.7 Å². The molecule has 1 heterocycles. The molecule has 4 atom stereocenters. The molecule has 0 amide bonds. The Morgan fingerprint density at radius 3 is 2.60 bits per heavy atom. The molecule has 3 rings (SSSR count). The first-order valence-electron chi connectivity index (χ1n) is 8.55. The van der Waals surface area contributed by atoms with Crippen LogP contribution in [0.15, 0.2) is 17.5 Å². The second-order valence-corrected chi connectivity index (χ2v) is 8.06. The summed E-state index contributed by atoms with van der Waals surface area (Å²) >= 11 is 1.95. The summed E-state index contributed by atoms with van der Waals surface area (Å²) in [5, 5.41) is 6.33. The number of hydrogen-bond acceptors (Lipinski definition) is 2. The van der Waals surface area contributed by atoms with Crippen LogP contribution in [0.3, 0.4) is 0 Å². The van der Waals surface area contributed by atoms with E-state index in [4.69, 9.17) is 0 Å². The third kappa shape index (κ3) is 3.12. The van der Waals surface area contributed by atoms with E-state index in [0.717, 1.165) is 23.8 Å². The van der Waals surface area contributed by atoms with Crippen molar-refractivity contribution >= 4 is 11.3 Å². The molecular formula is C18H29NS. The van der Waals surface area contributed by atoms with Crippen molar-refractivity contribution in [3.05, 3.63) is 22.4 Å². The molecule has 1 aromatic heterocycles. The summed E-state index contributed by atoms with van der Waals surface area (Å²) in [5.74, 6) is 2.58. The molecule has 2 fully saturated rings. The van der Waals surface area contributed by atoms with Crippen molar-refractivity contribution in [1.82, 2.24) is 5.32 Å². The Hall–Kier alpha value is -0.340. The van der Waals surface area contributed by atoms with Crippen LogP contribution >= 0.6 is 11.3 Å². The number of rotatable bonds is 4. The summed E-state index contributed by atoms with van der Waals surface area (Å²) < 4.78 is 0. The van der Waals surface area contributed by atoms with Crippen LogP contribution in [0.5, 0.6) is 0 Å². The minimum atomic E-state index is 0.621. The molecule has 2 aliphatic carbocycles. The molecule has 2 aliphatic rings. The van der Waals surface area contributed by atoms with Gasteiger partial charge in [-0.3, -0.25) is 0 Å². The Balaban J connectivity index is 1.72. The maximum absolute atomic E-state index is 4.09. The molecule has 2 heteroatoms. The highest BCUT2D eigenvalue weighted by Gasteiger charge is 2.33. The Morgan fingerprint density at radius 2 is 1.90 bits per heavy atom. The average molecular weight is 292 g/mol. The van der Waals surface area contributed by atoms with Crippen molar-refractivity contribution in [2.24, 2.45) is 17.8 Å². The molecule has 112 valence electrons. The van der Waals surface area contributed by atoms with Crippen LogP contribution in [0.1, 0.15) is 69.7 Å². The lowest BCUT2D eigenvalue weighted by Crippen LogP contribution is -2.43. The maximum atomic E-state index is 4.09. The first-order valence-corrected chi connectivity index (χ1v) is 9.43. The maximum Gasteiger partial charge on any atom is 0.0445 e. The van der Waals surface area contributed by atoms with Crippen LogP contribution in [0, 0.1) is 17.8 Å². The van der Waals surface area contributed by atoms with Crippen LogP contribution in [-0.4, -0.2) is 6.04 Å². The third-order valence-corrected chi connectivity index (χ3v) is 6.78. The Bertz CT molecular complexity index is 394. The first kappa shape index (κ1) is 14.6. The Labute approximate surface area is 128 Å². The van der Waals surface area contributed by atoms with E-state index in [0.29, 0.717) is 6.04 Å². The van der Waals surface area contributed by atoms with Gasteiger partial charge in [0.1, 0.15) is 0 Å². The van der Waals surface area contributed by atoms with Gasteiger partial charge in [-0.25, -0.2) is 0 Å². The minimum absolute atomic E-state index is 0.621. The highest BCUT2D eigenvalue weighted by atomic mass is 32.1. The zero-order chi connectivity index (χ0) is 13.9. The number of hydrogen-bond donors (Lipinski definition) is 1. The van der Waals surface area contributed by atoms with Gasteiger partial charge >= 0.3 is 0 Å². The second-order valence-electron chi connectivity index (χ2n) is 7.08. The molecule has 0 aliphatic heterocycles. The smallest absolute Gasteiger partial charge is 0.0445 e. The number of thiophene rings is 1. The second kappa shape index (κ2) is 6.62. The molecular weight excluding hydrogens is 262 g/mol. The predicted octanol–water partition coefficient (Wildman–Crippen LogP) is 5.39. The quantitative estimate of drug-likeness (QED) is 0.784. The van der Waals surface area contributed by atoms with E-state index in [1.54, 1.807) is 4.88 Å². The zero-order valence-corrected chi connectivity index (χ0v) is 13.8. The SMILES string of the molecule is CC1CCCC(NC(c2cccs2)C2CCCC2)C1C.